The van der Waals surface area contributed by atoms with Crippen molar-refractivity contribution in [3.8, 4) is 0 Å². The highest BCUT2D eigenvalue weighted by atomic mass is 16.2. The number of hydrogen-bond donors (Lipinski definition) is 2. The summed E-state index contributed by atoms with van der Waals surface area (Å²) < 4.78 is 1.71. The van der Waals surface area contributed by atoms with Crippen LogP contribution in [0.4, 0.5) is 5.82 Å². The molecule has 0 atom stereocenters. The van der Waals surface area contributed by atoms with E-state index in [4.69, 9.17) is 0 Å². The number of imidazole rings is 1. The zero-order chi connectivity index (χ0) is 8.55. The van der Waals surface area contributed by atoms with Gasteiger partial charge in [-0.1, -0.05) is 0 Å². The molecule has 5 nitrogen and oxygen atoms in total. The molecule has 0 bridgehead atoms. The average molecular weight is 166 g/mol. The molecule has 64 valence electrons. The summed E-state index contributed by atoms with van der Waals surface area (Å²) in [7, 11) is 1.80. The van der Waals surface area contributed by atoms with Crippen LogP contribution in [0.3, 0.4) is 0 Å². The summed E-state index contributed by atoms with van der Waals surface area (Å²) in [5, 5.41) is 5.83. The number of hydrogen-bond acceptors (Lipinski definition) is 3. The second-order valence-corrected chi connectivity index (χ2v) is 2.74. The minimum absolute atomic E-state index is 0.0602. The number of carbonyl (C=O) groups is 1. The summed E-state index contributed by atoms with van der Waals surface area (Å²) in [5.41, 5.74) is 0.604. The molecule has 2 N–H and O–H groups in total. The van der Waals surface area contributed by atoms with E-state index in [0.29, 0.717) is 18.1 Å². The summed E-state index contributed by atoms with van der Waals surface area (Å²) in [6.07, 6.45) is 1.63. The van der Waals surface area contributed by atoms with Crippen LogP contribution >= 0.6 is 0 Å². The van der Waals surface area contributed by atoms with Gasteiger partial charge in [0.1, 0.15) is 0 Å². The van der Waals surface area contributed by atoms with Gasteiger partial charge in [0, 0.05) is 20.1 Å². The summed E-state index contributed by atoms with van der Waals surface area (Å²) >= 11 is 0. The number of carbonyl (C=O) groups excluding carboxylic acids is 1. The molecule has 0 radical (unpaired) electrons. The van der Waals surface area contributed by atoms with Crippen molar-refractivity contribution in [2.45, 2.75) is 0 Å². The van der Waals surface area contributed by atoms with Gasteiger partial charge in [-0.05, 0) is 0 Å². The van der Waals surface area contributed by atoms with Crippen molar-refractivity contribution in [3.05, 3.63) is 12.0 Å². The number of aryl methyl sites for hydroxylation is 1. The molecule has 1 aromatic heterocycles. The quantitative estimate of drug-likeness (QED) is 0.550. The van der Waals surface area contributed by atoms with Crippen molar-refractivity contribution in [1.29, 1.82) is 0 Å². The van der Waals surface area contributed by atoms with Crippen molar-refractivity contribution < 1.29 is 4.79 Å². The fourth-order valence-electron chi connectivity index (χ4n) is 1.27. The van der Waals surface area contributed by atoms with Crippen molar-refractivity contribution >= 4 is 11.7 Å². The van der Waals surface area contributed by atoms with Gasteiger partial charge in [0.2, 0.25) is 0 Å². The Morgan fingerprint density at radius 3 is 3.08 bits per heavy atom. The second kappa shape index (κ2) is 2.51. The van der Waals surface area contributed by atoms with E-state index in [1.54, 1.807) is 17.9 Å². The van der Waals surface area contributed by atoms with E-state index in [-0.39, 0.29) is 5.91 Å². The Kier molecular flexibility index (Phi) is 1.49. The Morgan fingerprint density at radius 1 is 1.50 bits per heavy atom. The Hall–Kier alpha value is -1.52. The van der Waals surface area contributed by atoms with E-state index in [1.807, 2.05) is 0 Å². The zero-order valence-electron chi connectivity index (χ0n) is 6.79. The van der Waals surface area contributed by atoms with E-state index in [2.05, 4.69) is 15.6 Å². The lowest BCUT2D eigenvalue weighted by molar-refractivity contribution is 0.0950. The third kappa shape index (κ3) is 0.939. The lowest BCUT2D eigenvalue weighted by Gasteiger charge is -1.99. The van der Waals surface area contributed by atoms with Crippen LogP contribution in [0.2, 0.25) is 0 Å². The van der Waals surface area contributed by atoms with Gasteiger partial charge < -0.3 is 15.2 Å². The van der Waals surface area contributed by atoms with Crippen LogP contribution in [0.15, 0.2) is 6.33 Å². The first-order chi connectivity index (χ1) is 5.79. The number of amides is 1. The Labute approximate surface area is 69.8 Å². The van der Waals surface area contributed by atoms with Crippen molar-refractivity contribution in [2.75, 3.05) is 18.4 Å². The summed E-state index contributed by atoms with van der Waals surface area (Å²) in [6, 6.07) is 0. The van der Waals surface area contributed by atoms with E-state index >= 15 is 0 Å². The van der Waals surface area contributed by atoms with Gasteiger partial charge in [-0.2, -0.15) is 0 Å². The van der Waals surface area contributed by atoms with E-state index in [9.17, 15) is 4.79 Å². The number of fused-ring (bicyclic) bond motifs is 1. The second-order valence-electron chi connectivity index (χ2n) is 2.74. The maximum atomic E-state index is 11.4. The summed E-state index contributed by atoms with van der Waals surface area (Å²) in [4.78, 5) is 15.4. The highest BCUT2D eigenvalue weighted by Gasteiger charge is 2.18. The lowest BCUT2D eigenvalue weighted by Crippen LogP contribution is -2.26. The number of aromatic nitrogens is 2. The molecule has 0 aliphatic carbocycles. The topological polar surface area (TPSA) is 59.0 Å². The summed E-state index contributed by atoms with van der Waals surface area (Å²) in [5.74, 6) is 0.613. The van der Waals surface area contributed by atoms with Crippen LogP contribution in [0.1, 0.15) is 10.5 Å². The first-order valence-corrected chi connectivity index (χ1v) is 3.82. The van der Waals surface area contributed by atoms with Gasteiger partial charge in [0.25, 0.3) is 5.91 Å². The van der Waals surface area contributed by atoms with E-state index in [0.717, 1.165) is 6.54 Å². The molecule has 1 aliphatic heterocycles. The molecule has 0 aromatic carbocycles. The highest BCUT2D eigenvalue weighted by Crippen LogP contribution is 2.12. The van der Waals surface area contributed by atoms with E-state index in [1.165, 1.54) is 0 Å². The molecule has 1 aromatic rings. The maximum Gasteiger partial charge on any atom is 0.271 e. The maximum absolute atomic E-state index is 11.4. The number of nitrogens with zero attached hydrogens (tertiary/aromatic N) is 2. The SMILES string of the molecule is Cn1cnc2c1C(=O)NCCN2. The van der Waals surface area contributed by atoms with Crippen molar-refractivity contribution in [3.63, 3.8) is 0 Å². The molecule has 2 heterocycles. The first kappa shape index (κ1) is 7.15. The molecule has 5 heteroatoms. The number of anilines is 1. The molecule has 1 aliphatic rings. The smallest absolute Gasteiger partial charge is 0.271 e. The molecule has 0 unspecified atom stereocenters. The van der Waals surface area contributed by atoms with Gasteiger partial charge in [0.05, 0.1) is 6.33 Å². The van der Waals surface area contributed by atoms with Crippen LogP contribution in [0, 0.1) is 0 Å². The van der Waals surface area contributed by atoms with Crippen molar-refractivity contribution in [1.82, 2.24) is 14.9 Å². The predicted molar refractivity (Wildman–Crippen MR) is 44.0 cm³/mol. The molecule has 0 spiro atoms. The Balaban J connectivity index is 2.49. The lowest BCUT2D eigenvalue weighted by atomic mass is 10.4. The third-order valence-electron chi connectivity index (χ3n) is 1.86. The van der Waals surface area contributed by atoms with Gasteiger partial charge in [0.15, 0.2) is 11.5 Å². The van der Waals surface area contributed by atoms with Crippen LogP contribution in [0.25, 0.3) is 0 Å². The standard InChI is InChI=1S/C7H10N4O/c1-11-4-10-6-5(11)7(12)9-3-2-8-6/h4,8H,2-3H2,1H3,(H,9,12). The molecule has 1 amide bonds. The fraction of sp³-hybridized carbons (Fsp3) is 0.429. The Bertz CT molecular complexity index is 317. The average Bonchev–Trinajstić information content (AvgIpc) is 2.29. The van der Waals surface area contributed by atoms with Crippen molar-refractivity contribution in [2.24, 2.45) is 7.05 Å². The molecule has 0 saturated carbocycles. The minimum Gasteiger partial charge on any atom is -0.366 e. The highest BCUT2D eigenvalue weighted by molar-refractivity contribution is 5.97. The molecule has 0 saturated heterocycles. The number of nitrogens with one attached hydrogen (secondary N) is 2. The Morgan fingerprint density at radius 2 is 2.25 bits per heavy atom. The normalized spacial score (nSPS) is 15.9. The van der Waals surface area contributed by atoms with Crippen LogP contribution in [-0.4, -0.2) is 28.5 Å². The van der Waals surface area contributed by atoms with Crippen LogP contribution in [-0.2, 0) is 7.05 Å². The molecular weight excluding hydrogens is 156 g/mol. The monoisotopic (exact) mass is 166 g/mol. The van der Waals surface area contributed by atoms with Gasteiger partial charge in [-0.15, -0.1) is 0 Å². The molecule has 12 heavy (non-hydrogen) atoms. The molecule has 2 rings (SSSR count). The van der Waals surface area contributed by atoms with E-state index < -0.39 is 0 Å². The van der Waals surface area contributed by atoms with Gasteiger partial charge in [-0.25, -0.2) is 4.98 Å². The van der Waals surface area contributed by atoms with Gasteiger partial charge >= 0.3 is 0 Å². The van der Waals surface area contributed by atoms with Crippen LogP contribution < -0.4 is 10.6 Å². The minimum atomic E-state index is -0.0602. The predicted octanol–water partition coefficient (Wildman–Crippen LogP) is -0.425. The fourth-order valence-corrected chi connectivity index (χ4v) is 1.27. The molecular formula is C7H10N4O. The van der Waals surface area contributed by atoms with Gasteiger partial charge in [-0.3, -0.25) is 4.79 Å². The summed E-state index contributed by atoms with van der Waals surface area (Å²) in [6.45, 7) is 1.38. The first-order valence-electron chi connectivity index (χ1n) is 3.82. The third-order valence-corrected chi connectivity index (χ3v) is 1.86. The largest absolute Gasteiger partial charge is 0.366 e. The molecule has 0 fully saturated rings. The number of rotatable bonds is 0. The zero-order valence-corrected chi connectivity index (χ0v) is 6.79. The van der Waals surface area contributed by atoms with Crippen LogP contribution in [0.5, 0.6) is 0 Å².